The first kappa shape index (κ1) is 19.4. The maximum absolute atomic E-state index is 12.2. The van der Waals surface area contributed by atoms with Crippen molar-refractivity contribution in [1.82, 2.24) is 10.3 Å². The molecule has 0 saturated heterocycles. The van der Waals surface area contributed by atoms with Crippen LogP contribution in [0.2, 0.25) is 0 Å². The molecule has 0 unspecified atom stereocenters. The fourth-order valence-corrected chi connectivity index (χ4v) is 2.83. The Kier molecular flexibility index (Phi) is 7.01. The Balaban J connectivity index is 1.41. The highest BCUT2D eigenvalue weighted by molar-refractivity contribution is 5.92. The highest BCUT2D eigenvalue weighted by Crippen LogP contribution is 2.12. The molecule has 3 rings (SSSR count). The maximum Gasteiger partial charge on any atom is 0.269 e. The molecule has 0 bridgehead atoms. The third-order valence-corrected chi connectivity index (χ3v) is 4.44. The average molecular weight is 375 g/mol. The fourth-order valence-electron chi connectivity index (χ4n) is 2.83. The first-order valence-electron chi connectivity index (χ1n) is 9.39. The number of carbonyl (C=O) groups is 1. The molecule has 0 aliphatic rings. The summed E-state index contributed by atoms with van der Waals surface area (Å²) in [6.07, 6.45) is 3.39. The van der Waals surface area contributed by atoms with E-state index >= 15 is 0 Å². The van der Waals surface area contributed by atoms with Gasteiger partial charge >= 0.3 is 0 Å². The van der Waals surface area contributed by atoms with Crippen molar-refractivity contribution in [1.29, 1.82) is 0 Å². The van der Waals surface area contributed by atoms with Crippen molar-refractivity contribution in [3.8, 4) is 5.75 Å². The Labute approximate surface area is 165 Å². The van der Waals surface area contributed by atoms with E-state index in [1.807, 2.05) is 36.4 Å². The molecule has 0 radical (unpaired) electrons. The molecule has 5 heteroatoms. The molecule has 28 heavy (non-hydrogen) atoms. The van der Waals surface area contributed by atoms with Crippen LogP contribution in [0.1, 0.15) is 21.6 Å². The Morgan fingerprint density at radius 2 is 1.61 bits per heavy atom. The van der Waals surface area contributed by atoms with Gasteiger partial charge in [-0.3, -0.25) is 4.79 Å². The van der Waals surface area contributed by atoms with Crippen LogP contribution in [-0.4, -0.2) is 31.1 Å². The molecule has 0 aliphatic carbocycles. The minimum absolute atomic E-state index is 0.152. The van der Waals surface area contributed by atoms with Gasteiger partial charge in [-0.1, -0.05) is 42.5 Å². The minimum Gasteiger partial charge on any atom is -0.497 e. The summed E-state index contributed by atoms with van der Waals surface area (Å²) in [4.78, 5) is 16.5. The number of carbonyl (C=O) groups excluding carboxylic acids is 1. The molecule has 144 valence electrons. The molecule has 1 heterocycles. The highest BCUT2D eigenvalue weighted by atomic mass is 16.5. The summed E-state index contributed by atoms with van der Waals surface area (Å²) in [5.74, 6) is 0.708. The monoisotopic (exact) mass is 375 g/mol. The van der Waals surface area contributed by atoms with Gasteiger partial charge in [0.05, 0.1) is 19.0 Å². The smallest absolute Gasteiger partial charge is 0.269 e. The number of methoxy groups -OCH3 is 1. The van der Waals surface area contributed by atoms with E-state index in [4.69, 9.17) is 4.74 Å². The van der Waals surface area contributed by atoms with Crippen molar-refractivity contribution in [2.24, 2.45) is 0 Å². The SMILES string of the molecule is COc1ccc(CCNc2ccc(C(=O)NCCc3ccccc3)nc2)cc1. The lowest BCUT2D eigenvalue weighted by molar-refractivity contribution is 0.0949. The van der Waals surface area contributed by atoms with Crippen LogP contribution < -0.4 is 15.4 Å². The first-order valence-corrected chi connectivity index (χ1v) is 9.39. The van der Waals surface area contributed by atoms with Crippen molar-refractivity contribution in [3.63, 3.8) is 0 Å². The Hall–Kier alpha value is -3.34. The van der Waals surface area contributed by atoms with Gasteiger partial charge in [-0.15, -0.1) is 0 Å². The summed E-state index contributed by atoms with van der Waals surface area (Å²) in [5.41, 5.74) is 3.76. The Morgan fingerprint density at radius 1 is 0.893 bits per heavy atom. The van der Waals surface area contributed by atoms with Gasteiger partial charge in [-0.2, -0.15) is 0 Å². The molecular formula is C23H25N3O2. The van der Waals surface area contributed by atoms with Gasteiger partial charge in [-0.05, 0) is 48.2 Å². The quantitative estimate of drug-likeness (QED) is 0.598. The number of anilines is 1. The van der Waals surface area contributed by atoms with Crippen LogP contribution in [0.4, 0.5) is 5.69 Å². The number of amides is 1. The lowest BCUT2D eigenvalue weighted by Gasteiger charge is -2.08. The van der Waals surface area contributed by atoms with Crippen molar-refractivity contribution >= 4 is 11.6 Å². The molecule has 1 amide bonds. The number of pyridine rings is 1. The zero-order chi connectivity index (χ0) is 19.6. The molecule has 0 spiro atoms. The summed E-state index contributed by atoms with van der Waals surface area (Å²) in [5, 5.41) is 6.24. The van der Waals surface area contributed by atoms with Crippen LogP contribution in [0, 0.1) is 0 Å². The lowest BCUT2D eigenvalue weighted by atomic mass is 10.1. The zero-order valence-electron chi connectivity index (χ0n) is 16.0. The van der Waals surface area contributed by atoms with Crippen LogP contribution in [0.3, 0.4) is 0 Å². The Morgan fingerprint density at radius 3 is 2.29 bits per heavy atom. The van der Waals surface area contributed by atoms with E-state index < -0.39 is 0 Å². The lowest BCUT2D eigenvalue weighted by Crippen LogP contribution is -2.26. The van der Waals surface area contributed by atoms with Gasteiger partial charge in [0.2, 0.25) is 0 Å². The summed E-state index contributed by atoms with van der Waals surface area (Å²) in [6, 6.07) is 21.7. The first-order chi connectivity index (χ1) is 13.7. The maximum atomic E-state index is 12.2. The highest BCUT2D eigenvalue weighted by Gasteiger charge is 2.06. The third-order valence-electron chi connectivity index (χ3n) is 4.44. The number of benzene rings is 2. The summed E-state index contributed by atoms with van der Waals surface area (Å²) in [7, 11) is 1.66. The van der Waals surface area contributed by atoms with Crippen LogP contribution in [0.15, 0.2) is 72.9 Å². The van der Waals surface area contributed by atoms with Gasteiger partial charge in [0.25, 0.3) is 5.91 Å². The van der Waals surface area contributed by atoms with E-state index in [1.165, 1.54) is 11.1 Å². The molecule has 0 atom stereocenters. The second kappa shape index (κ2) is 10.1. The van der Waals surface area contributed by atoms with Crippen LogP contribution in [0.5, 0.6) is 5.75 Å². The number of rotatable bonds is 9. The average Bonchev–Trinajstić information content (AvgIpc) is 2.75. The van der Waals surface area contributed by atoms with Gasteiger partial charge in [0.15, 0.2) is 0 Å². The molecule has 5 nitrogen and oxygen atoms in total. The summed E-state index contributed by atoms with van der Waals surface area (Å²) in [6.45, 7) is 1.38. The third kappa shape index (κ3) is 5.84. The van der Waals surface area contributed by atoms with E-state index in [9.17, 15) is 4.79 Å². The molecule has 0 aliphatic heterocycles. The Bertz CT molecular complexity index is 863. The second-order valence-corrected chi connectivity index (χ2v) is 6.45. The van der Waals surface area contributed by atoms with Gasteiger partial charge in [0.1, 0.15) is 11.4 Å². The number of nitrogens with zero attached hydrogens (tertiary/aromatic N) is 1. The standard InChI is InChI=1S/C23H25N3O2/c1-28-21-10-7-19(8-11-21)13-15-24-20-9-12-22(26-17-20)23(27)25-16-14-18-5-3-2-4-6-18/h2-12,17,24H,13-16H2,1H3,(H,25,27). The van der Waals surface area contributed by atoms with Crippen LogP contribution >= 0.6 is 0 Å². The molecule has 1 aromatic heterocycles. The molecule has 0 fully saturated rings. The fraction of sp³-hybridized carbons (Fsp3) is 0.217. The number of hydrogen-bond acceptors (Lipinski definition) is 4. The van der Waals surface area contributed by atoms with E-state index in [0.717, 1.165) is 30.8 Å². The molecule has 3 aromatic rings. The molecular weight excluding hydrogens is 350 g/mol. The predicted octanol–water partition coefficient (Wildman–Crippen LogP) is 3.72. The van der Waals surface area contributed by atoms with Gasteiger partial charge in [0, 0.05) is 13.1 Å². The van der Waals surface area contributed by atoms with Gasteiger partial charge < -0.3 is 15.4 Å². The van der Waals surface area contributed by atoms with E-state index in [-0.39, 0.29) is 5.91 Å². The van der Waals surface area contributed by atoms with Crippen molar-refractivity contribution in [2.75, 3.05) is 25.5 Å². The molecule has 2 aromatic carbocycles. The summed E-state index contributed by atoms with van der Waals surface area (Å²) >= 11 is 0. The normalized spacial score (nSPS) is 10.3. The van der Waals surface area contributed by atoms with Crippen LogP contribution in [0.25, 0.3) is 0 Å². The number of ether oxygens (including phenoxy) is 1. The minimum atomic E-state index is -0.152. The van der Waals surface area contributed by atoms with Gasteiger partial charge in [-0.25, -0.2) is 4.98 Å². The number of nitrogens with one attached hydrogen (secondary N) is 2. The summed E-state index contributed by atoms with van der Waals surface area (Å²) < 4.78 is 5.16. The molecule has 2 N–H and O–H groups in total. The van der Waals surface area contributed by atoms with Crippen LogP contribution in [-0.2, 0) is 12.8 Å². The number of aromatic nitrogens is 1. The number of hydrogen-bond donors (Lipinski definition) is 2. The van der Waals surface area contributed by atoms with Crippen molar-refractivity contribution in [3.05, 3.63) is 89.7 Å². The topological polar surface area (TPSA) is 63.2 Å². The van der Waals surface area contributed by atoms with E-state index in [1.54, 1.807) is 19.4 Å². The molecule has 0 saturated carbocycles. The zero-order valence-corrected chi connectivity index (χ0v) is 16.0. The van der Waals surface area contributed by atoms with E-state index in [0.29, 0.717) is 12.2 Å². The van der Waals surface area contributed by atoms with Crippen molar-refractivity contribution < 1.29 is 9.53 Å². The van der Waals surface area contributed by atoms with Crippen molar-refractivity contribution in [2.45, 2.75) is 12.8 Å². The second-order valence-electron chi connectivity index (χ2n) is 6.45. The predicted molar refractivity (Wildman–Crippen MR) is 112 cm³/mol. The van der Waals surface area contributed by atoms with E-state index in [2.05, 4.69) is 39.9 Å². The largest absolute Gasteiger partial charge is 0.497 e.